The first-order chi connectivity index (χ1) is 9.51. The molecule has 7 nitrogen and oxygen atoms in total. The van der Waals surface area contributed by atoms with Crippen LogP contribution in [0.3, 0.4) is 0 Å². The Morgan fingerprint density at radius 3 is 2.86 bits per heavy atom. The summed E-state index contributed by atoms with van der Waals surface area (Å²) in [5, 5.41) is 18.9. The minimum atomic E-state index is -0.882. The van der Waals surface area contributed by atoms with Crippen LogP contribution in [-0.2, 0) is 18.3 Å². The van der Waals surface area contributed by atoms with Crippen molar-refractivity contribution in [2.24, 2.45) is 7.05 Å². The number of nitrogens with zero attached hydrogens (tertiary/aromatic N) is 2. The number of halogens is 1. The summed E-state index contributed by atoms with van der Waals surface area (Å²) in [6.07, 6.45) is 2.22. The number of carbonyl (C=O) groups excluding carboxylic acids is 1. The lowest BCUT2D eigenvalue weighted by atomic mass is 10.1. The molecular weight excluding hydrogens is 296 g/mol. The maximum Gasteiger partial charge on any atom is 0.320 e. The fourth-order valence-electron chi connectivity index (χ4n) is 2.41. The molecule has 2 atom stereocenters. The predicted molar refractivity (Wildman–Crippen MR) is 79.7 cm³/mol. The van der Waals surface area contributed by atoms with Crippen LogP contribution < -0.4 is 10.6 Å². The molecule has 1 saturated heterocycles. The van der Waals surface area contributed by atoms with Gasteiger partial charge in [0, 0.05) is 19.6 Å². The van der Waals surface area contributed by atoms with E-state index in [-0.39, 0.29) is 24.4 Å². The number of nitrogens with one attached hydrogen (secondary N) is 2. The van der Waals surface area contributed by atoms with Crippen LogP contribution >= 0.6 is 12.4 Å². The van der Waals surface area contributed by atoms with Crippen LogP contribution in [0.2, 0.25) is 0 Å². The summed E-state index contributed by atoms with van der Waals surface area (Å²) < 4.78 is 1.57. The van der Waals surface area contributed by atoms with Gasteiger partial charge < -0.3 is 15.7 Å². The molecule has 0 spiro atoms. The molecule has 2 heterocycles. The standard InChI is InChI=1S/C13H20N4O3.ClH/c1-3-4-8-6-11(17(2)16-8)12(18)15-9-5-10(13(19)20)14-7-9;/h6,9-10,14H,3-5,7H2,1-2H3,(H,15,18)(H,19,20);1H/t9-,10-;/m0./s1. The quantitative estimate of drug-likeness (QED) is 0.728. The third-order valence-electron chi connectivity index (χ3n) is 3.43. The van der Waals surface area contributed by atoms with Crippen molar-refractivity contribution in [3.8, 4) is 0 Å². The Bertz CT molecular complexity index is 518. The molecule has 0 unspecified atom stereocenters. The molecule has 1 aromatic rings. The molecule has 21 heavy (non-hydrogen) atoms. The van der Waals surface area contributed by atoms with E-state index in [4.69, 9.17) is 5.11 Å². The molecule has 1 aliphatic heterocycles. The highest BCUT2D eigenvalue weighted by Crippen LogP contribution is 2.10. The molecule has 3 N–H and O–H groups in total. The SMILES string of the molecule is CCCc1cc(C(=O)N[C@@H]2CN[C@H](C(=O)O)C2)n(C)n1.Cl. The van der Waals surface area contributed by atoms with E-state index < -0.39 is 12.0 Å². The largest absolute Gasteiger partial charge is 0.480 e. The summed E-state index contributed by atoms with van der Waals surface area (Å²) in [7, 11) is 1.74. The number of amides is 1. The smallest absolute Gasteiger partial charge is 0.320 e. The zero-order chi connectivity index (χ0) is 14.7. The van der Waals surface area contributed by atoms with Crippen LogP contribution in [0, 0.1) is 0 Å². The van der Waals surface area contributed by atoms with Crippen molar-refractivity contribution in [3.05, 3.63) is 17.5 Å². The van der Waals surface area contributed by atoms with Crippen LogP contribution in [0.5, 0.6) is 0 Å². The van der Waals surface area contributed by atoms with Gasteiger partial charge in [-0.05, 0) is 18.9 Å². The zero-order valence-corrected chi connectivity index (χ0v) is 12.9. The maximum absolute atomic E-state index is 12.2. The van der Waals surface area contributed by atoms with E-state index >= 15 is 0 Å². The van der Waals surface area contributed by atoms with Gasteiger partial charge in [-0.25, -0.2) is 0 Å². The topological polar surface area (TPSA) is 96.3 Å². The molecule has 2 rings (SSSR count). The Morgan fingerprint density at radius 2 is 2.29 bits per heavy atom. The second-order valence-electron chi connectivity index (χ2n) is 5.10. The van der Waals surface area contributed by atoms with E-state index in [2.05, 4.69) is 22.7 Å². The first-order valence-electron chi connectivity index (χ1n) is 6.81. The van der Waals surface area contributed by atoms with Gasteiger partial charge in [0.1, 0.15) is 11.7 Å². The van der Waals surface area contributed by atoms with E-state index in [9.17, 15) is 9.59 Å². The highest BCUT2D eigenvalue weighted by atomic mass is 35.5. The fourth-order valence-corrected chi connectivity index (χ4v) is 2.41. The van der Waals surface area contributed by atoms with Crippen molar-refractivity contribution >= 4 is 24.3 Å². The molecule has 0 saturated carbocycles. The Morgan fingerprint density at radius 1 is 1.57 bits per heavy atom. The molecular formula is C13H21ClN4O3. The summed E-state index contributed by atoms with van der Waals surface area (Å²) in [6, 6.07) is 1.05. The van der Waals surface area contributed by atoms with Gasteiger partial charge in [0.25, 0.3) is 5.91 Å². The van der Waals surface area contributed by atoms with Crippen molar-refractivity contribution in [1.29, 1.82) is 0 Å². The van der Waals surface area contributed by atoms with Gasteiger partial charge in [0.2, 0.25) is 0 Å². The Labute approximate surface area is 129 Å². The molecule has 8 heteroatoms. The number of carboxylic acid groups (broad SMARTS) is 1. The van der Waals surface area contributed by atoms with Crippen LogP contribution in [-0.4, -0.2) is 45.4 Å². The van der Waals surface area contributed by atoms with Crippen molar-refractivity contribution in [2.45, 2.75) is 38.3 Å². The Hall–Kier alpha value is -1.60. The Kier molecular flexibility index (Phi) is 6.17. The Balaban J connectivity index is 0.00000220. The van der Waals surface area contributed by atoms with Crippen molar-refractivity contribution in [1.82, 2.24) is 20.4 Å². The van der Waals surface area contributed by atoms with E-state index in [1.165, 1.54) is 0 Å². The van der Waals surface area contributed by atoms with Crippen molar-refractivity contribution in [2.75, 3.05) is 6.54 Å². The number of aryl methyl sites for hydroxylation is 2. The van der Waals surface area contributed by atoms with Gasteiger partial charge in [0.05, 0.1) is 5.69 Å². The second-order valence-corrected chi connectivity index (χ2v) is 5.10. The van der Waals surface area contributed by atoms with Crippen molar-refractivity contribution < 1.29 is 14.7 Å². The van der Waals surface area contributed by atoms with Crippen LogP contribution in [0.4, 0.5) is 0 Å². The third-order valence-corrected chi connectivity index (χ3v) is 3.43. The van der Waals surface area contributed by atoms with E-state index in [1.54, 1.807) is 17.8 Å². The summed E-state index contributed by atoms with van der Waals surface area (Å²) in [5.41, 5.74) is 1.40. The van der Waals surface area contributed by atoms with Gasteiger partial charge in [-0.1, -0.05) is 13.3 Å². The van der Waals surface area contributed by atoms with Gasteiger partial charge in [-0.15, -0.1) is 12.4 Å². The molecule has 1 amide bonds. The number of rotatable bonds is 5. The molecule has 118 valence electrons. The number of aliphatic carboxylic acids is 1. The number of hydrogen-bond acceptors (Lipinski definition) is 4. The minimum absolute atomic E-state index is 0. The average molecular weight is 317 g/mol. The highest BCUT2D eigenvalue weighted by Gasteiger charge is 2.30. The van der Waals surface area contributed by atoms with Crippen LogP contribution in [0.25, 0.3) is 0 Å². The molecule has 0 aromatic carbocycles. The molecule has 0 bridgehead atoms. The average Bonchev–Trinajstić information content (AvgIpc) is 2.97. The normalized spacial score (nSPS) is 20.9. The van der Waals surface area contributed by atoms with E-state index in [0.717, 1.165) is 18.5 Å². The molecule has 1 fully saturated rings. The van der Waals surface area contributed by atoms with Crippen molar-refractivity contribution in [3.63, 3.8) is 0 Å². The number of hydrogen-bond donors (Lipinski definition) is 3. The van der Waals surface area contributed by atoms with E-state index in [1.807, 2.05) is 0 Å². The molecule has 0 radical (unpaired) electrons. The second kappa shape index (κ2) is 7.42. The van der Waals surface area contributed by atoms with Gasteiger partial charge >= 0.3 is 5.97 Å². The summed E-state index contributed by atoms with van der Waals surface area (Å²) in [5.74, 6) is -1.09. The van der Waals surface area contributed by atoms with Gasteiger partial charge in [-0.2, -0.15) is 5.10 Å². The fraction of sp³-hybridized carbons (Fsp3) is 0.615. The lowest BCUT2D eigenvalue weighted by molar-refractivity contribution is -0.139. The summed E-state index contributed by atoms with van der Waals surface area (Å²) in [6.45, 7) is 2.53. The van der Waals surface area contributed by atoms with Gasteiger partial charge in [-0.3, -0.25) is 14.3 Å². The molecule has 1 aliphatic rings. The third kappa shape index (κ3) is 4.18. The first-order valence-corrected chi connectivity index (χ1v) is 6.81. The zero-order valence-electron chi connectivity index (χ0n) is 12.1. The highest BCUT2D eigenvalue weighted by molar-refractivity contribution is 5.93. The molecule has 0 aliphatic carbocycles. The predicted octanol–water partition coefficient (Wildman–Crippen LogP) is 0.339. The monoisotopic (exact) mass is 316 g/mol. The lowest BCUT2D eigenvalue weighted by Gasteiger charge is -2.11. The minimum Gasteiger partial charge on any atom is -0.480 e. The van der Waals surface area contributed by atoms with Gasteiger partial charge in [0.15, 0.2) is 0 Å². The van der Waals surface area contributed by atoms with Crippen LogP contribution in [0.15, 0.2) is 6.07 Å². The maximum atomic E-state index is 12.2. The summed E-state index contributed by atoms with van der Waals surface area (Å²) in [4.78, 5) is 23.0. The molecule has 1 aromatic heterocycles. The first kappa shape index (κ1) is 17.5. The van der Waals surface area contributed by atoms with Crippen LogP contribution in [0.1, 0.15) is 35.9 Å². The van der Waals surface area contributed by atoms with E-state index in [0.29, 0.717) is 18.7 Å². The summed E-state index contributed by atoms with van der Waals surface area (Å²) >= 11 is 0. The lowest BCUT2D eigenvalue weighted by Crippen LogP contribution is -2.37. The number of aromatic nitrogens is 2. The number of carboxylic acids is 1. The number of carbonyl (C=O) groups is 2.